The zero-order valence-corrected chi connectivity index (χ0v) is 9.88. The quantitative estimate of drug-likeness (QED) is 0.886. The molecule has 0 saturated heterocycles. The maximum absolute atomic E-state index is 10.6. The van der Waals surface area contributed by atoms with E-state index in [4.69, 9.17) is 5.11 Å². The van der Waals surface area contributed by atoms with E-state index in [1.54, 1.807) is 11.3 Å². The standard InChI is InChI=1S/C12H13NO2S/c1-2-3-11-13-9-5-4-8(7-12(14)15)6-10(9)16-11/h4-6H,2-3,7H2,1H3,(H,14,15). The summed E-state index contributed by atoms with van der Waals surface area (Å²) in [6.07, 6.45) is 2.16. The van der Waals surface area contributed by atoms with Crippen molar-refractivity contribution in [3.63, 3.8) is 0 Å². The molecule has 0 spiro atoms. The smallest absolute Gasteiger partial charge is 0.307 e. The number of thiazole rings is 1. The number of fused-ring (bicyclic) bond motifs is 1. The van der Waals surface area contributed by atoms with Gasteiger partial charge in [0.15, 0.2) is 0 Å². The van der Waals surface area contributed by atoms with Gasteiger partial charge in [0.25, 0.3) is 0 Å². The van der Waals surface area contributed by atoms with E-state index in [1.807, 2.05) is 18.2 Å². The van der Waals surface area contributed by atoms with Crippen LogP contribution in [-0.2, 0) is 17.6 Å². The van der Waals surface area contributed by atoms with Crippen LogP contribution in [0.5, 0.6) is 0 Å². The molecular formula is C12H13NO2S. The fourth-order valence-electron chi connectivity index (χ4n) is 1.62. The molecule has 1 heterocycles. The van der Waals surface area contributed by atoms with Gasteiger partial charge in [-0.25, -0.2) is 4.98 Å². The van der Waals surface area contributed by atoms with Crippen molar-refractivity contribution in [3.8, 4) is 0 Å². The number of aliphatic carboxylic acids is 1. The number of carboxylic acids is 1. The first-order valence-electron chi connectivity index (χ1n) is 5.29. The Labute approximate surface area is 97.8 Å². The molecule has 0 saturated carbocycles. The van der Waals surface area contributed by atoms with Gasteiger partial charge < -0.3 is 5.11 Å². The predicted octanol–water partition coefficient (Wildman–Crippen LogP) is 2.88. The van der Waals surface area contributed by atoms with Gasteiger partial charge in [-0.3, -0.25) is 4.79 Å². The molecular weight excluding hydrogens is 222 g/mol. The summed E-state index contributed by atoms with van der Waals surface area (Å²) in [5.41, 5.74) is 1.81. The molecule has 0 aliphatic carbocycles. The molecule has 16 heavy (non-hydrogen) atoms. The zero-order chi connectivity index (χ0) is 11.5. The van der Waals surface area contributed by atoms with Crippen molar-refractivity contribution in [3.05, 3.63) is 28.8 Å². The SMILES string of the molecule is CCCc1nc2ccc(CC(=O)O)cc2s1. The highest BCUT2D eigenvalue weighted by atomic mass is 32.1. The lowest BCUT2D eigenvalue weighted by atomic mass is 10.1. The predicted molar refractivity (Wildman–Crippen MR) is 65.0 cm³/mol. The molecule has 0 bridgehead atoms. The average molecular weight is 235 g/mol. The van der Waals surface area contributed by atoms with E-state index in [0.29, 0.717) is 0 Å². The minimum atomic E-state index is -0.794. The second-order valence-corrected chi connectivity index (χ2v) is 4.85. The van der Waals surface area contributed by atoms with Crippen LogP contribution in [0.3, 0.4) is 0 Å². The zero-order valence-electron chi connectivity index (χ0n) is 9.06. The number of rotatable bonds is 4. The van der Waals surface area contributed by atoms with E-state index in [0.717, 1.165) is 33.6 Å². The topological polar surface area (TPSA) is 50.2 Å². The van der Waals surface area contributed by atoms with Gasteiger partial charge >= 0.3 is 5.97 Å². The van der Waals surface area contributed by atoms with Gasteiger partial charge in [-0.15, -0.1) is 11.3 Å². The first-order valence-corrected chi connectivity index (χ1v) is 6.11. The van der Waals surface area contributed by atoms with Crippen LogP contribution >= 0.6 is 11.3 Å². The molecule has 0 fully saturated rings. The molecule has 3 nitrogen and oxygen atoms in total. The lowest BCUT2D eigenvalue weighted by molar-refractivity contribution is -0.136. The average Bonchev–Trinajstić information content (AvgIpc) is 2.59. The third-order valence-corrected chi connectivity index (χ3v) is 3.39. The van der Waals surface area contributed by atoms with E-state index >= 15 is 0 Å². The summed E-state index contributed by atoms with van der Waals surface area (Å²) in [4.78, 5) is 15.1. The molecule has 0 amide bonds. The normalized spacial score (nSPS) is 10.8. The summed E-state index contributed by atoms with van der Waals surface area (Å²) in [7, 11) is 0. The van der Waals surface area contributed by atoms with Crippen molar-refractivity contribution < 1.29 is 9.90 Å². The number of aryl methyl sites for hydroxylation is 1. The lowest BCUT2D eigenvalue weighted by Gasteiger charge is -1.95. The molecule has 1 aromatic carbocycles. The number of aromatic nitrogens is 1. The fraction of sp³-hybridized carbons (Fsp3) is 0.333. The minimum Gasteiger partial charge on any atom is -0.481 e. The Morgan fingerprint density at radius 3 is 3.00 bits per heavy atom. The first kappa shape index (κ1) is 11.1. The highest BCUT2D eigenvalue weighted by Crippen LogP contribution is 2.24. The highest BCUT2D eigenvalue weighted by Gasteiger charge is 2.06. The number of carboxylic acid groups (broad SMARTS) is 1. The number of benzene rings is 1. The van der Waals surface area contributed by atoms with E-state index in [9.17, 15) is 4.79 Å². The van der Waals surface area contributed by atoms with Gasteiger partial charge in [0.2, 0.25) is 0 Å². The summed E-state index contributed by atoms with van der Waals surface area (Å²) in [5.74, 6) is -0.794. The van der Waals surface area contributed by atoms with Crippen molar-refractivity contribution in [2.24, 2.45) is 0 Å². The van der Waals surface area contributed by atoms with Crippen LogP contribution in [0.2, 0.25) is 0 Å². The van der Waals surface area contributed by atoms with Crippen LogP contribution in [0.15, 0.2) is 18.2 Å². The summed E-state index contributed by atoms with van der Waals surface area (Å²) < 4.78 is 1.09. The molecule has 0 aliphatic rings. The second kappa shape index (κ2) is 4.61. The summed E-state index contributed by atoms with van der Waals surface area (Å²) >= 11 is 1.66. The fourth-order valence-corrected chi connectivity index (χ4v) is 2.75. The molecule has 0 atom stereocenters. The van der Waals surface area contributed by atoms with Crippen molar-refractivity contribution in [2.45, 2.75) is 26.2 Å². The van der Waals surface area contributed by atoms with Crippen molar-refractivity contribution >= 4 is 27.5 Å². The molecule has 2 aromatic rings. The maximum atomic E-state index is 10.6. The number of carbonyl (C=O) groups is 1. The van der Waals surface area contributed by atoms with Crippen LogP contribution < -0.4 is 0 Å². The van der Waals surface area contributed by atoms with Gasteiger partial charge in [-0.2, -0.15) is 0 Å². The van der Waals surface area contributed by atoms with Crippen molar-refractivity contribution in [1.82, 2.24) is 4.98 Å². The Kier molecular flexibility index (Phi) is 3.19. The Morgan fingerprint density at radius 1 is 1.50 bits per heavy atom. The van der Waals surface area contributed by atoms with E-state index in [-0.39, 0.29) is 6.42 Å². The third-order valence-electron chi connectivity index (χ3n) is 2.32. The van der Waals surface area contributed by atoms with Gasteiger partial charge in [-0.05, 0) is 30.5 Å². The first-order chi connectivity index (χ1) is 7.69. The Bertz CT molecular complexity index is 519. The van der Waals surface area contributed by atoms with E-state index in [2.05, 4.69) is 11.9 Å². The van der Waals surface area contributed by atoms with Crippen LogP contribution in [0.4, 0.5) is 0 Å². The molecule has 4 heteroatoms. The molecule has 1 aromatic heterocycles. The van der Waals surface area contributed by atoms with Gasteiger partial charge in [-0.1, -0.05) is 13.0 Å². The van der Waals surface area contributed by atoms with Gasteiger partial charge in [0.05, 0.1) is 21.6 Å². The number of hydrogen-bond acceptors (Lipinski definition) is 3. The monoisotopic (exact) mass is 235 g/mol. The summed E-state index contributed by atoms with van der Waals surface area (Å²) in [5, 5.41) is 9.85. The highest BCUT2D eigenvalue weighted by molar-refractivity contribution is 7.18. The van der Waals surface area contributed by atoms with Crippen molar-refractivity contribution in [2.75, 3.05) is 0 Å². The second-order valence-electron chi connectivity index (χ2n) is 3.73. The van der Waals surface area contributed by atoms with Crippen LogP contribution in [0.25, 0.3) is 10.2 Å². The lowest BCUT2D eigenvalue weighted by Crippen LogP contribution is -1.99. The van der Waals surface area contributed by atoms with Crippen LogP contribution in [0, 0.1) is 0 Å². The molecule has 84 valence electrons. The van der Waals surface area contributed by atoms with Crippen molar-refractivity contribution in [1.29, 1.82) is 0 Å². The number of nitrogens with zero attached hydrogens (tertiary/aromatic N) is 1. The van der Waals surface area contributed by atoms with Gasteiger partial charge in [0.1, 0.15) is 0 Å². The molecule has 0 unspecified atom stereocenters. The summed E-state index contributed by atoms with van der Waals surface area (Å²) in [6.45, 7) is 2.13. The van der Waals surface area contributed by atoms with Crippen LogP contribution in [-0.4, -0.2) is 16.1 Å². The Hall–Kier alpha value is -1.42. The molecule has 0 aliphatic heterocycles. The molecule has 0 radical (unpaired) electrons. The number of hydrogen-bond donors (Lipinski definition) is 1. The third kappa shape index (κ3) is 2.39. The summed E-state index contributed by atoms with van der Waals surface area (Å²) in [6, 6.07) is 5.68. The largest absolute Gasteiger partial charge is 0.481 e. The Morgan fingerprint density at radius 2 is 2.31 bits per heavy atom. The van der Waals surface area contributed by atoms with Crippen LogP contribution in [0.1, 0.15) is 23.9 Å². The van der Waals surface area contributed by atoms with Gasteiger partial charge in [0, 0.05) is 0 Å². The molecule has 1 N–H and O–H groups in total. The maximum Gasteiger partial charge on any atom is 0.307 e. The minimum absolute atomic E-state index is 0.0803. The molecule has 2 rings (SSSR count). The van der Waals surface area contributed by atoms with E-state index in [1.165, 1.54) is 0 Å². The van der Waals surface area contributed by atoms with E-state index < -0.39 is 5.97 Å². The Balaban J connectivity index is 2.33.